The van der Waals surface area contributed by atoms with Crippen molar-refractivity contribution in [1.29, 1.82) is 0 Å². The Hall–Kier alpha value is -2.32. The standard InChI is InChI=1S/C20H16ClNO/c1-13-22-20-18(15-5-3-2-4-6-15)11-16(12-19(20)23-13)14-7-9-17(21)10-8-14/h2-10,12,18H,11H2,1H3. The Balaban J connectivity index is 1.81. The Morgan fingerprint density at radius 2 is 1.78 bits per heavy atom. The summed E-state index contributed by atoms with van der Waals surface area (Å²) in [5.74, 6) is 1.80. The minimum atomic E-state index is 0.222. The van der Waals surface area contributed by atoms with E-state index >= 15 is 0 Å². The van der Waals surface area contributed by atoms with E-state index in [9.17, 15) is 0 Å². The predicted octanol–water partition coefficient (Wildman–Crippen LogP) is 5.71. The van der Waals surface area contributed by atoms with Crippen LogP contribution in [0.25, 0.3) is 11.6 Å². The second-order valence-electron chi connectivity index (χ2n) is 5.83. The lowest BCUT2D eigenvalue weighted by atomic mass is 9.82. The van der Waals surface area contributed by atoms with Crippen LogP contribution in [0.2, 0.25) is 5.02 Å². The number of benzene rings is 2. The molecule has 4 rings (SSSR count). The van der Waals surface area contributed by atoms with Crippen LogP contribution in [-0.2, 0) is 0 Å². The van der Waals surface area contributed by atoms with Crippen LogP contribution in [0.1, 0.15) is 40.8 Å². The van der Waals surface area contributed by atoms with Gasteiger partial charge in [-0.25, -0.2) is 4.98 Å². The first-order valence-corrected chi connectivity index (χ1v) is 8.07. The van der Waals surface area contributed by atoms with Crippen LogP contribution in [0.5, 0.6) is 0 Å². The number of fused-ring (bicyclic) bond motifs is 1. The Bertz CT molecular complexity index is 862. The van der Waals surface area contributed by atoms with Gasteiger partial charge < -0.3 is 4.42 Å². The SMILES string of the molecule is Cc1nc2c(o1)C=C(c1ccc(Cl)cc1)CC2c1ccccc1. The number of allylic oxidation sites excluding steroid dienone is 1. The van der Waals surface area contributed by atoms with Crippen LogP contribution in [0.15, 0.2) is 59.0 Å². The summed E-state index contributed by atoms with van der Waals surface area (Å²) in [4.78, 5) is 4.62. The smallest absolute Gasteiger partial charge is 0.192 e. The Morgan fingerprint density at radius 3 is 2.52 bits per heavy atom. The molecule has 1 aliphatic carbocycles. The molecule has 0 spiro atoms. The van der Waals surface area contributed by atoms with Crippen molar-refractivity contribution in [2.45, 2.75) is 19.3 Å². The van der Waals surface area contributed by atoms with Gasteiger partial charge in [0.2, 0.25) is 0 Å². The highest BCUT2D eigenvalue weighted by molar-refractivity contribution is 6.30. The molecule has 3 aromatic rings. The fourth-order valence-electron chi connectivity index (χ4n) is 3.17. The van der Waals surface area contributed by atoms with Crippen molar-refractivity contribution >= 4 is 23.3 Å². The fraction of sp³-hybridized carbons (Fsp3) is 0.150. The summed E-state index contributed by atoms with van der Waals surface area (Å²) in [6.45, 7) is 1.90. The molecule has 0 bridgehead atoms. The molecule has 2 aromatic carbocycles. The molecule has 0 amide bonds. The summed E-state index contributed by atoms with van der Waals surface area (Å²) in [5.41, 5.74) is 4.72. The van der Waals surface area contributed by atoms with E-state index in [0.29, 0.717) is 5.89 Å². The van der Waals surface area contributed by atoms with Gasteiger partial charge in [0.15, 0.2) is 11.7 Å². The van der Waals surface area contributed by atoms with Crippen molar-refractivity contribution in [2.24, 2.45) is 0 Å². The molecule has 0 N–H and O–H groups in total. The van der Waals surface area contributed by atoms with Gasteiger partial charge in [-0.3, -0.25) is 0 Å². The van der Waals surface area contributed by atoms with E-state index in [4.69, 9.17) is 16.0 Å². The highest BCUT2D eigenvalue weighted by atomic mass is 35.5. The van der Waals surface area contributed by atoms with Crippen molar-refractivity contribution < 1.29 is 4.42 Å². The molecular formula is C20H16ClNO. The van der Waals surface area contributed by atoms with Crippen molar-refractivity contribution in [1.82, 2.24) is 4.98 Å². The first kappa shape index (κ1) is 14.3. The minimum Gasteiger partial charge on any atom is -0.441 e. The quantitative estimate of drug-likeness (QED) is 0.604. The predicted molar refractivity (Wildman–Crippen MR) is 93.5 cm³/mol. The van der Waals surface area contributed by atoms with Gasteiger partial charge in [0.05, 0.1) is 5.69 Å². The molecule has 23 heavy (non-hydrogen) atoms. The summed E-state index contributed by atoms with van der Waals surface area (Å²) >= 11 is 6.01. The molecule has 0 saturated carbocycles. The number of oxazole rings is 1. The molecule has 1 heterocycles. The maximum absolute atomic E-state index is 6.01. The van der Waals surface area contributed by atoms with Gasteiger partial charge in [0.25, 0.3) is 0 Å². The van der Waals surface area contributed by atoms with Crippen molar-refractivity contribution in [2.75, 3.05) is 0 Å². The second-order valence-corrected chi connectivity index (χ2v) is 6.26. The van der Waals surface area contributed by atoms with Crippen LogP contribution in [0.4, 0.5) is 0 Å². The van der Waals surface area contributed by atoms with Gasteiger partial charge in [0, 0.05) is 17.9 Å². The summed E-state index contributed by atoms with van der Waals surface area (Å²) in [5, 5.41) is 0.751. The third-order valence-electron chi connectivity index (χ3n) is 4.26. The van der Waals surface area contributed by atoms with Gasteiger partial charge in [-0.1, -0.05) is 54.1 Å². The second kappa shape index (κ2) is 5.71. The Kier molecular flexibility index (Phi) is 3.55. The molecule has 0 saturated heterocycles. The summed E-state index contributed by atoms with van der Waals surface area (Å²) in [6, 6.07) is 18.5. The summed E-state index contributed by atoms with van der Waals surface area (Å²) in [6.07, 6.45) is 3.02. The van der Waals surface area contributed by atoms with Crippen LogP contribution >= 0.6 is 11.6 Å². The monoisotopic (exact) mass is 321 g/mol. The van der Waals surface area contributed by atoms with E-state index < -0.39 is 0 Å². The van der Waals surface area contributed by atoms with Crippen LogP contribution < -0.4 is 0 Å². The molecule has 1 aromatic heterocycles. The van der Waals surface area contributed by atoms with E-state index in [-0.39, 0.29) is 5.92 Å². The van der Waals surface area contributed by atoms with E-state index in [1.165, 1.54) is 16.7 Å². The third-order valence-corrected chi connectivity index (χ3v) is 4.52. The largest absolute Gasteiger partial charge is 0.441 e. The molecule has 0 fully saturated rings. The topological polar surface area (TPSA) is 26.0 Å². The molecule has 0 radical (unpaired) electrons. The van der Waals surface area contributed by atoms with Gasteiger partial charge in [-0.15, -0.1) is 0 Å². The zero-order valence-corrected chi connectivity index (χ0v) is 13.5. The highest BCUT2D eigenvalue weighted by Gasteiger charge is 2.28. The normalized spacial score (nSPS) is 16.8. The Morgan fingerprint density at radius 1 is 1.04 bits per heavy atom. The van der Waals surface area contributed by atoms with Gasteiger partial charge in [-0.2, -0.15) is 0 Å². The molecule has 1 atom stereocenters. The number of rotatable bonds is 2. The highest BCUT2D eigenvalue weighted by Crippen LogP contribution is 2.41. The lowest BCUT2D eigenvalue weighted by molar-refractivity contribution is 0.510. The number of aromatic nitrogens is 1. The molecule has 114 valence electrons. The van der Waals surface area contributed by atoms with E-state index in [1.807, 2.05) is 25.1 Å². The zero-order chi connectivity index (χ0) is 15.8. The number of hydrogen-bond acceptors (Lipinski definition) is 2. The molecule has 1 unspecified atom stereocenters. The van der Waals surface area contributed by atoms with Gasteiger partial charge >= 0.3 is 0 Å². The minimum absolute atomic E-state index is 0.222. The average molecular weight is 322 g/mol. The lowest BCUT2D eigenvalue weighted by Gasteiger charge is -2.22. The number of hydrogen-bond donors (Lipinski definition) is 0. The van der Waals surface area contributed by atoms with Crippen molar-refractivity contribution in [3.05, 3.63) is 88.1 Å². The third kappa shape index (κ3) is 2.71. The lowest BCUT2D eigenvalue weighted by Crippen LogP contribution is -2.08. The molecular weight excluding hydrogens is 306 g/mol. The first-order valence-electron chi connectivity index (χ1n) is 7.69. The van der Waals surface area contributed by atoms with Gasteiger partial charge in [-0.05, 0) is 41.3 Å². The first-order chi connectivity index (χ1) is 11.2. The molecule has 1 aliphatic rings. The van der Waals surface area contributed by atoms with E-state index in [0.717, 1.165) is 22.9 Å². The van der Waals surface area contributed by atoms with Crippen LogP contribution in [0, 0.1) is 6.92 Å². The van der Waals surface area contributed by atoms with Gasteiger partial charge in [0.1, 0.15) is 0 Å². The summed E-state index contributed by atoms with van der Waals surface area (Å²) < 4.78 is 5.82. The fourth-order valence-corrected chi connectivity index (χ4v) is 3.30. The van der Waals surface area contributed by atoms with E-state index in [1.54, 1.807) is 0 Å². The maximum Gasteiger partial charge on any atom is 0.192 e. The van der Waals surface area contributed by atoms with E-state index in [2.05, 4.69) is 47.5 Å². The maximum atomic E-state index is 6.01. The summed E-state index contributed by atoms with van der Waals surface area (Å²) in [7, 11) is 0. The molecule has 2 nitrogen and oxygen atoms in total. The van der Waals surface area contributed by atoms with Crippen molar-refractivity contribution in [3.63, 3.8) is 0 Å². The number of halogens is 1. The van der Waals surface area contributed by atoms with Crippen LogP contribution in [-0.4, -0.2) is 4.98 Å². The molecule has 0 aliphatic heterocycles. The number of aryl methyl sites for hydroxylation is 1. The molecule has 3 heteroatoms. The van der Waals surface area contributed by atoms with Crippen LogP contribution in [0.3, 0.4) is 0 Å². The zero-order valence-electron chi connectivity index (χ0n) is 12.8. The average Bonchev–Trinajstić information content (AvgIpc) is 2.95. The number of nitrogens with zero attached hydrogens (tertiary/aromatic N) is 1. The van der Waals surface area contributed by atoms with Crippen molar-refractivity contribution in [3.8, 4) is 0 Å². The Labute approximate surface area is 140 Å².